The molecule has 2 nitrogen and oxygen atoms in total. The van der Waals surface area contributed by atoms with E-state index in [4.69, 9.17) is 0 Å². The lowest BCUT2D eigenvalue weighted by Crippen LogP contribution is -2.72. The minimum absolute atomic E-state index is 0.0296. The van der Waals surface area contributed by atoms with Gasteiger partial charge in [-0.3, -0.25) is 0 Å². The summed E-state index contributed by atoms with van der Waals surface area (Å²) in [5.41, 5.74) is 18.8. The molecule has 0 saturated carbocycles. The Morgan fingerprint density at radius 2 is 0.630 bits per heavy atom. The zero-order valence-electron chi connectivity index (χ0n) is 44.4. The monoisotopic (exact) mass is 1060 g/mol. The summed E-state index contributed by atoms with van der Waals surface area (Å²) in [6.07, 6.45) is 0. The maximum absolute atomic E-state index is 2.85. The van der Waals surface area contributed by atoms with E-state index in [1.165, 1.54) is 125 Å². The first-order chi connectivity index (χ1) is 40.2. The highest BCUT2D eigenvalue weighted by Crippen LogP contribution is 2.48. The molecule has 4 aliphatic heterocycles. The minimum Gasteiger partial charge on any atom is -0.311 e. The van der Waals surface area contributed by atoms with Gasteiger partial charge in [0.25, 0.3) is 6.71 Å². The second kappa shape index (κ2) is 17.9. The highest BCUT2D eigenvalue weighted by Gasteiger charge is 2.52. The van der Waals surface area contributed by atoms with Crippen molar-refractivity contribution in [2.75, 3.05) is 9.80 Å². The molecule has 5 heteroatoms. The van der Waals surface area contributed by atoms with Crippen LogP contribution in [0.15, 0.2) is 309 Å². The Labute approximate surface area is 475 Å². The summed E-state index contributed by atoms with van der Waals surface area (Å²) in [7, 11) is -5.69. The number of anilines is 6. The van der Waals surface area contributed by atoms with E-state index in [0.29, 0.717) is 0 Å². The van der Waals surface area contributed by atoms with Crippen LogP contribution in [0.2, 0.25) is 0 Å². The quantitative estimate of drug-likeness (QED) is 0.147. The smallest absolute Gasteiger partial charge is 0.252 e. The number of fused-ring (bicyclic) bond motifs is 11. The molecular formula is C76H51BN2Si2. The fraction of sp³-hybridized carbons (Fsp3) is 0. The van der Waals surface area contributed by atoms with Crippen molar-refractivity contribution >= 4 is 126 Å². The van der Waals surface area contributed by atoms with E-state index in [0.717, 1.165) is 11.4 Å². The molecule has 376 valence electrons. The first-order valence-corrected chi connectivity index (χ1v) is 32.4. The first kappa shape index (κ1) is 46.2. The lowest BCUT2D eigenvalue weighted by atomic mass is 9.33. The predicted octanol–water partition coefficient (Wildman–Crippen LogP) is 11.3. The van der Waals surface area contributed by atoms with Gasteiger partial charge in [-0.05, 0) is 151 Å². The standard InChI is InChI=1S/C76H51BN2Si2/c1-5-26-56(27-6-1)80(57-28-7-2-8-29-57)72-42-21-15-35-62(72)64-46-44-54(50-74(64)80)78-68-40-19-17-38-66(68)77-67-39-18-20-41-69(67)79(71-49-53(48-70(78)76(71)77)61-37-23-25-52-24-13-14-34-60(52)61)55-45-47-65-63-36-16-22-43-73(63)81(75(65)51-55,58-30-9-3-10-31-58)59-32-11-4-12-33-59/h1-51H. The van der Waals surface area contributed by atoms with Gasteiger partial charge in [0.1, 0.15) is 0 Å². The van der Waals surface area contributed by atoms with Crippen molar-refractivity contribution in [3.63, 3.8) is 0 Å². The molecule has 0 atom stereocenters. The van der Waals surface area contributed by atoms with Crippen molar-refractivity contribution in [2.24, 2.45) is 0 Å². The van der Waals surface area contributed by atoms with Gasteiger partial charge in [-0.1, -0.05) is 261 Å². The van der Waals surface area contributed by atoms with Crippen molar-refractivity contribution in [1.82, 2.24) is 0 Å². The Bertz CT molecular complexity index is 4340. The van der Waals surface area contributed by atoms with Gasteiger partial charge in [-0.15, -0.1) is 0 Å². The zero-order valence-corrected chi connectivity index (χ0v) is 46.4. The molecule has 0 aromatic heterocycles. The van der Waals surface area contributed by atoms with E-state index < -0.39 is 16.1 Å². The van der Waals surface area contributed by atoms with Crippen LogP contribution in [0.25, 0.3) is 44.2 Å². The molecule has 81 heavy (non-hydrogen) atoms. The van der Waals surface area contributed by atoms with Gasteiger partial charge in [0.05, 0.1) is 0 Å². The van der Waals surface area contributed by atoms with Crippen LogP contribution in [0.3, 0.4) is 0 Å². The van der Waals surface area contributed by atoms with Crippen LogP contribution in [-0.2, 0) is 0 Å². The topological polar surface area (TPSA) is 6.48 Å². The molecule has 4 heterocycles. The molecule has 0 N–H and O–H groups in total. The largest absolute Gasteiger partial charge is 0.311 e. The molecule has 0 spiro atoms. The molecule has 0 amide bonds. The Morgan fingerprint density at radius 1 is 0.259 bits per heavy atom. The maximum Gasteiger partial charge on any atom is 0.252 e. The van der Waals surface area contributed by atoms with E-state index in [-0.39, 0.29) is 6.71 Å². The Hall–Kier alpha value is -9.78. The predicted molar refractivity (Wildman–Crippen MR) is 349 cm³/mol. The number of rotatable bonds is 7. The second-order valence-electron chi connectivity index (χ2n) is 22.2. The van der Waals surface area contributed by atoms with Crippen LogP contribution in [0, 0.1) is 0 Å². The molecule has 17 rings (SSSR count). The van der Waals surface area contributed by atoms with Gasteiger partial charge in [0, 0.05) is 34.1 Å². The lowest BCUT2D eigenvalue weighted by molar-refractivity contribution is 1.26. The molecule has 0 aliphatic carbocycles. The van der Waals surface area contributed by atoms with Crippen molar-refractivity contribution in [3.8, 4) is 33.4 Å². The number of hydrogen-bond donors (Lipinski definition) is 0. The fourth-order valence-electron chi connectivity index (χ4n) is 15.2. The van der Waals surface area contributed by atoms with Crippen LogP contribution in [0.4, 0.5) is 34.1 Å². The minimum atomic E-state index is -2.85. The number of benzene rings is 13. The Morgan fingerprint density at radius 3 is 1.11 bits per heavy atom. The van der Waals surface area contributed by atoms with Crippen molar-refractivity contribution in [2.45, 2.75) is 0 Å². The number of hydrogen-bond acceptors (Lipinski definition) is 2. The third-order valence-corrected chi connectivity index (χ3v) is 28.1. The van der Waals surface area contributed by atoms with E-state index in [1.54, 1.807) is 0 Å². The van der Waals surface area contributed by atoms with Gasteiger partial charge in [-0.2, -0.15) is 0 Å². The van der Waals surface area contributed by atoms with Gasteiger partial charge < -0.3 is 9.80 Å². The van der Waals surface area contributed by atoms with Crippen LogP contribution in [0.5, 0.6) is 0 Å². The highest BCUT2D eigenvalue weighted by molar-refractivity contribution is 7.23. The van der Waals surface area contributed by atoms with Crippen LogP contribution >= 0.6 is 0 Å². The molecule has 0 fully saturated rings. The lowest BCUT2D eigenvalue weighted by Gasteiger charge is -2.45. The SMILES string of the molecule is c1ccc([Si]2(c3ccccc3)c3ccccc3-c3ccc(N4c5ccccc5B5c6ccccc6N(c6ccc7c(c6)[Si](c6ccccc6)(c6ccccc6)c6ccccc6-7)c6cc(-c7cccc8ccccc78)cc4c65)cc32)cc1. The summed E-state index contributed by atoms with van der Waals surface area (Å²) in [6, 6.07) is 118. The summed E-state index contributed by atoms with van der Waals surface area (Å²) < 4.78 is 0. The Balaban J connectivity index is 0.962. The van der Waals surface area contributed by atoms with Crippen LogP contribution in [0.1, 0.15) is 0 Å². The molecule has 0 radical (unpaired) electrons. The van der Waals surface area contributed by atoms with Crippen LogP contribution < -0.4 is 67.7 Å². The van der Waals surface area contributed by atoms with Crippen molar-refractivity contribution in [3.05, 3.63) is 309 Å². The molecule has 13 aromatic rings. The average Bonchev–Trinajstić information content (AvgIpc) is 4.21. The molecule has 0 unspecified atom stereocenters. The second-order valence-corrected chi connectivity index (χ2v) is 29.7. The molecule has 0 saturated heterocycles. The Kier molecular flexibility index (Phi) is 10.2. The van der Waals surface area contributed by atoms with Crippen molar-refractivity contribution < 1.29 is 0 Å². The third-order valence-electron chi connectivity index (χ3n) is 18.4. The molecule has 4 aliphatic rings. The summed E-state index contributed by atoms with van der Waals surface area (Å²) in [4.78, 5) is 5.26. The van der Waals surface area contributed by atoms with E-state index in [9.17, 15) is 0 Å². The highest BCUT2D eigenvalue weighted by atomic mass is 28.3. The summed E-state index contributed by atoms with van der Waals surface area (Å²) in [5.74, 6) is 0. The number of nitrogens with zero attached hydrogens (tertiary/aromatic N) is 2. The van der Waals surface area contributed by atoms with Crippen LogP contribution in [-0.4, -0.2) is 22.9 Å². The maximum atomic E-state index is 2.63. The molecule has 13 aromatic carbocycles. The van der Waals surface area contributed by atoms with Gasteiger partial charge in [0.2, 0.25) is 0 Å². The molecule has 0 bridgehead atoms. The number of para-hydroxylation sites is 2. The summed E-state index contributed by atoms with van der Waals surface area (Å²) in [5, 5.41) is 13.8. The molecular weight excluding hydrogens is 1010 g/mol. The van der Waals surface area contributed by atoms with Crippen molar-refractivity contribution in [1.29, 1.82) is 0 Å². The van der Waals surface area contributed by atoms with Gasteiger partial charge in [-0.25, -0.2) is 0 Å². The van der Waals surface area contributed by atoms with Gasteiger partial charge in [0.15, 0.2) is 16.1 Å². The summed E-state index contributed by atoms with van der Waals surface area (Å²) in [6.45, 7) is -0.0296. The summed E-state index contributed by atoms with van der Waals surface area (Å²) >= 11 is 0. The zero-order chi connectivity index (χ0) is 53.2. The average molecular weight is 1060 g/mol. The van der Waals surface area contributed by atoms with E-state index in [1.807, 2.05) is 0 Å². The normalized spacial score (nSPS) is 14.3. The first-order valence-electron chi connectivity index (χ1n) is 28.4. The van der Waals surface area contributed by atoms with E-state index in [2.05, 4.69) is 319 Å². The fourth-order valence-corrected chi connectivity index (χ4v) is 25.6. The van der Waals surface area contributed by atoms with Gasteiger partial charge >= 0.3 is 0 Å². The van der Waals surface area contributed by atoms with E-state index >= 15 is 0 Å². The third kappa shape index (κ3) is 6.44.